The van der Waals surface area contributed by atoms with Crippen LogP contribution in [0.4, 0.5) is 0 Å². The molecule has 1 aliphatic rings. The van der Waals surface area contributed by atoms with Gasteiger partial charge in [-0.1, -0.05) is 0 Å². The number of nitrogens with zero attached hydrogens (tertiary/aromatic N) is 1. The first kappa shape index (κ1) is 10.5. The molecule has 13 heavy (non-hydrogen) atoms. The monoisotopic (exact) mass is 187 g/mol. The molecule has 1 fully saturated rings. The zero-order chi connectivity index (χ0) is 10.1. The van der Waals surface area contributed by atoms with Crippen molar-refractivity contribution in [1.82, 2.24) is 4.90 Å². The van der Waals surface area contributed by atoms with Crippen LogP contribution in [-0.2, 0) is 4.79 Å². The molecule has 1 rings (SSSR count). The smallest absolute Gasteiger partial charge is 0.320 e. The minimum Gasteiger partial charge on any atom is -0.480 e. The highest BCUT2D eigenvalue weighted by Crippen LogP contribution is 2.21. The Morgan fingerprint density at radius 3 is 2.69 bits per heavy atom. The number of hydrogen-bond donors (Lipinski definition) is 2. The van der Waals surface area contributed by atoms with Gasteiger partial charge in [0.1, 0.15) is 6.04 Å². The molecule has 4 heteroatoms. The highest BCUT2D eigenvalue weighted by molar-refractivity contribution is 5.72. The Labute approximate surface area is 78.2 Å². The molecule has 0 aromatic heterocycles. The van der Waals surface area contributed by atoms with Crippen LogP contribution >= 0.6 is 0 Å². The number of likely N-dealkylation sites (tertiary alicyclic amines) is 1. The molecular weight excluding hydrogens is 170 g/mol. The summed E-state index contributed by atoms with van der Waals surface area (Å²) in [5.74, 6) is -0.822. The van der Waals surface area contributed by atoms with E-state index < -0.39 is 17.6 Å². The van der Waals surface area contributed by atoms with E-state index in [1.54, 1.807) is 13.8 Å². The number of hydrogen-bond acceptors (Lipinski definition) is 3. The van der Waals surface area contributed by atoms with E-state index in [2.05, 4.69) is 0 Å². The maximum atomic E-state index is 10.7. The lowest BCUT2D eigenvalue weighted by Gasteiger charge is -2.38. The first-order chi connectivity index (χ1) is 5.92. The van der Waals surface area contributed by atoms with Crippen LogP contribution in [-0.4, -0.2) is 45.8 Å². The Kier molecular flexibility index (Phi) is 2.93. The van der Waals surface area contributed by atoms with Gasteiger partial charge in [0, 0.05) is 6.54 Å². The molecular formula is C9H17NO3. The lowest BCUT2D eigenvalue weighted by Crippen LogP contribution is -2.51. The maximum Gasteiger partial charge on any atom is 0.320 e. The Bertz CT molecular complexity index is 203. The van der Waals surface area contributed by atoms with Crippen molar-refractivity contribution < 1.29 is 15.0 Å². The molecule has 76 valence electrons. The summed E-state index contributed by atoms with van der Waals surface area (Å²) in [4.78, 5) is 12.5. The molecule has 2 atom stereocenters. The van der Waals surface area contributed by atoms with Crippen molar-refractivity contribution in [1.29, 1.82) is 0 Å². The van der Waals surface area contributed by atoms with E-state index in [0.29, 0.717) is 6.54 Å². The van der Waals surface area contributed by atoms with Gasteiger partial charge in [-0.3, -0.25) is 9.69 Å². The summed E-state index contributed by atoms with van der Waals surface area (Å²) in [6.07, 6.45) is 1.63. The van der Waals surface area contributed by atoms with E-state index in [-0.39, 0.29) is 0 Å². The summed E-state index contributed by atoms with van der Waals surface area (Å²) < 4.78 is 0. The van der Waals surface area contributed by atoms with Crippen molar-refractivity contribution in [2.75, 3.05) is 13.1 Å². The van der Waals surface area contributed by atoms with Crippen LogP contribution in [0.1, 0.15) is 26.7 Å². The summed E-state index contributed by atoms with van der Waals surface area (Å²) in [6.45, 7) is 4.64. The highest BCUT2D eigenvalue weighted by Gasteiger charge is 2.32. The number of piperidine rings is 1. The van der Waals surface area contributed by atoms with Crippen molar-refractivity contribution >= 4 is 5.97 Å². The van der Waals surface area contributed by atoms with E-state index in [4.69, 9.17) is 5.11 Å². The van der Waals surface area contributed by atoms with Gasteiger partial charge in [0.15, 0.2) is 0 Å². The number of rotatable bonds is 2. The van der Waals surface area contributed by atoms with Crippen LogP contribution in [0.3, 0.4) is 0 Å². The van der Waals surface area contributed by atoms with E-state index in [9.17, 15) is 9.90 Å². The van der Waals surface area contributed by atoms with Crippen LogP contribution in [0.2, 0.25) is 0 Å². The Hall–Kier alpha value is -0.610. The zero-order valence-corrected chi connectivity index (χ0v) is 8.16. The second-order valence-electron chi connectivity index (χ2n) is 4.09. The fraction of sp³-hybridized carbons (Fsp3) is 0.889. The third-order valence-corrected chi connectivity index (χ3v) is 2.61. The molecule has 2 N–H and O–H groups in total. The molecule has 0 aromatic carbocycles. The number of carbonyl (C=O) groups is 1. The number of aliphatic carboxylic acids is 1. The minimum absolute atomic E-state index is 0.459. The Morgan fingerprint density at radius 1 is 1.62 bits per heavy atom. The van der Waals surface area contributed by atoms with Crippen LogP contribution in [0.5, 0.6) is 0 Å². The lowest BCUT2D eigenvalue weighted by molar-refractivity contribution is -0.145. The second kappa shape index (κ2) is 3.64. The molecule has 0 bridgehead atoms. The molecule has 0 aromatic rings. The SMILES string of the molecule is CC(C(=O)O)N1CCCC(C)(O)C1. The van der Waals surface area contributed by atoms with E-state index >= 15 is 0 Å². The first-order valence-electron chi connectivity index (χ1n) is 4.62. The average molecular weight is 187 g/mol. The van der Waals surface area contributed by atoms with Gasteiger partial charge < -0.3 is 10.2 Å². The van der Waals surface area contributed by atoms with Gasteiger partial charge >= 0.3 is 5.97 Å². The number of carboxylic acid groups (broad SMARTS) is 1. The summed E-state index contributed by atoms with van der Waals surface area (Å²) >= 11 is 0. The van der Waals surface area contributed by atoms with Crippen LogP contribution in [0.15, 0.2) is 0 Å². The van der Waals surface area contributed by atoms with Crippen molar-refractivity contribution in [2.45, 2.75) is 38.3 Å². The van der Waals surface area contributed by atoms with Crippen molar-refractivity contribution in [3.05, 3.63) is 0 Å². The molecule has 2 unspecified atom stereocenters. The molecule has 0 amide bonds. The molecule has 0 aliphatic carbocycles. The zero-order valence-electron chi connectivity index (χ0n) is 8.16. The molecule has 0 saturated carbocycles. The molecule has 1 saturated heterocycles. The Balaban J connectivity index is 2.56. The van der Waals surface area contributed by atoms with E-state index in [1.807, 2.05) is 4.90 Å². The molecule has 0 radical (unpaired) electrons. The fourth-order valence-corrected chi connectivity index (χ4v) is 1.75. The predicted octanol–water partition coefficient (Wildman–Crippen LogP) is 0.306. The summed E-state index contributed by atoms with van der Waals surface area (Å²) in [5, 5.41) is 18.5. The van der Waals surface area contributed by atoms with E-state index in [1.165, 1.54) is 0 Å². The first-order valence-corrected chi connectivity index (χ1v) is 4.62. The van der Waals surface area contributed by atoms with E-state index in [0.717, 1.165) is 19.4 Å². The van der Waals surface area contributed by atoms with Gasteiger partial charge in [-0.05, 0) is 33.2 Å². The van der Waals surface area contributed by atoms with Crippen LogP contribution in [0.25, 0.3) is 0 Å². The third-order valence-electron chi connectivity index (χ3n) is 2.61. The molecule has 1 heterocycles. The highest BCUT2D eigenvalue weighted by atomic mass is 16.4. The van der Waals surface area contributed by atoms with Crippen LogP contribution in [0, 0.1) is 0 Å². The molecule has 4 nitrogen and oxygen atoms in total. The predicted molar refractivity (Wildman–Crippen MR) is 48.5 cm³/mol. The van der Waals surface area contributed by atoms with Crippen LogP contribution < -0.4 is 0 Å². The standard InChI is InChI=1S/C9H17NO3/c1-7(8(11)12)10-5-3-4-9(2,13)6-10/h7,13H,3-6H2,1-2H3,(H,11,12). The van der Waals surface area contributed by atoms with Gasteiger partial charge in [0.05, 0.1) is 5.60 Å². The minimum atomic E-state index is -0.822. The lowest BCUT2D eigenvalue weighted by atomic mass is 9.94. The van der Waals surface area contributed by atoms with Crippen molar-refractivity contribution in [2.24, 2.45) is 0 Å². The van der Waals surface area contributed by atoms with Gasteiger partial charge in [-0.15, -0.1) is 0 Å². The fourth-order valence-electron chi connectivity index (χ4n) is 1.75. The van der Waals surface area contributed by atoms with Crippen molar-refractivity contribution in [3.8, 4) is 0 Å². The van der Waals surface area contributed by atoms with Gasteiger partial charge in [0.2, 0.25) is 0 Å². The second-order valence-corrected chi connectivity index (χ2v) is 4.09. The third kappa shape index (κ3) is 2.67. The molecule has 0 spiro atoms. The topological polar surface area (TPSA) is 60.8 Å². The van der Waals surface area contributed by atoms with Crippen molar-refractivity contribution in [3.63, 3.8) is 0 Å². The number of β-amino-alcohol motifs (C(OH)–C–C–N with tert-alkyl or cyclic N) is 1. The number of carboxylic acids is 1. The Morgan fingerprint density at radius 2 is 2.23 bits per heavy atom. The van der Waals surface area contributed by atoms with Gasteiger partial charge in [-0.25, -0.2) is 0 Å². The molecule has 1 aliphatic heterocycles. The van der Waals surface area contributed by atoms with Gasteiger partial charge in [-0.2, -0.15) is 0 Å². The average Bonchev–Trinajstić information content (AvgIpc) is 2.01. The number of aliphatic hydroxyl groups is 1. The van der Waals surface area contributed by atoms with Gasteiger partial charge in [0.25, 0.3) is 0 Å². The normalized spacial score (nSPS) is 32.8. The largest absolute Gasteiger partial charge is 0.480 e. The summed E-state index contributed by atoms with van der Waals surface area (Å²) in [7, 11) is 0. The summed E-state index contributed by atoms with van der Waals surface area (Å²) in [5.41, 5.74) is -0.720. The maximum absolute atomic E-state index is 10.7. The summed E-state index contributed by atoms with van der Waals surface area (Å²) in [6, 6.07) is -0.494. The quantitative estimate of drug-likeness (QED) is 0.653.